The fourth-order valence-corrected chi connectivity index (χ4v) is 5.27. The number of hydrogen-bond donors (Lipinski definition) is 1. The molecule has 1 aromatic heterocycles. The highest BCUT2D eigenvalue weighted by molar-refractivity contribution is 7.89. The Hall–Kier alpha value is -2.23. The highest BCUT2D eigenvalue weighted by Gasteiger charge is 2.29. The van der Waals surface area contributed by atoms with E-state index in [-0.39, 0.29) is 29.8 Å². The summed E-state index contributed by atoms with van der Waals surface area (Å²) in [4.78, 5) is 27.7. The maximum atomic E-state index is 12.8. The van der Waals surface area contributed by atoms with Crippen LogP contribution in [0.15, 0.2) is 41.3 Å². The molecule has 0 radical (unpaired) electrons. The molecule has 0 unspecified atom stereocenters. The molecule has 1 aliphatic heterocycles. The van der Waals surface area contributed by atoms with E-state index in [1.807, 2.05) is 19.1 Å². The number of aryl methyl sites for hydroxylation is 1. The van der Waals surface area contributed by atoms with Gasteiger partial charge in [0.2, 0.25) is 15.9 Å². The van der Waals surface area contributed by atoms with Crippen molar-refractivity contribution in [2.75, 3.05) is 26.2 Å². The fourth-order valence-electron chi connectivity index (χ4n) is 3.02. The van der Waals surface area contributed by atoms with Crippen molar-refractivity contribution in [3.63, 3.8) is 0 Å². The van der Waals surface area contributed by atoms with Crippen molar-refractivity contribution in [1.82, 2.24) is 14.5 Å². The first-order chi connectivity index (χ1) is 13.3. The Morgan fingerprint density at radius 3 is 2.21 bits per heavy atom. The fraction of sp³-hybridized carbons (Fsp3) is 0.368. The van der Waals surface area contributed by atoms with Gasteiger partial charge in [-0.1, -0.05) is 0 Å². The van der Waals surface area contributed by atoms with Gasteiger partial charge in [0.25, 0.3) is 5.91 Å². The Kier molecular flexibility index (Phi) is 6.17. The lowest BCUT2D eigenvalue weighted by Crippen LogP contribution is -2.49. The van der Waals surface area contributed by atoms with Crippen LogP contribution in [-0.4, -0.2) is 55.6 Å². The second-order valence-electron chi connectivity index (χ2n) is 6.63. The summed E-state index contributed by atoms with van der Waals surface area (Å²) in [7, 11) is -3.64. The third kappa shape index (κ3) is 4.60. The predicted octanol–water partition coefficient (Wildman–Crippen LogP) is 1.84. The second kappa shape index (κ2) is 8.42. The number of piperazine rings is 1. The molecule has 2 aromatic rings. The molecule has 1 saturated heterocycles. The first kappa shape index (κ1) is 20.5. The number of hydrogen-bond acceptors (Lipinski definition) is 5. The minimum Gasteiger partial charge on any atom is -0.347 e. The van der Waals surface area contributed by atoms with Crippen LogP contribution in [0.1, 0.15) is 27.0 Å². The number of nitrogens with zero attached hydrogens (tertiary/aromatic N) is 2. The standard InChI is InChI=1S/C19H23N3O4S2/c1-14-3-6-17(27-14)13-20-19(24)16-4-7-18(8-5-16)28(25,26)22-11-9-21(10-12-22)15(2)23/h3-8H,9-13H2,1-2H3,(H,20,24). The van der Waals surface area contributed by atoms with Crippen molar-refractivity contribution in [1.29, 1.82) is 0 Å². The summed E-state index contributed by atoms with van der Waals surface area (Å²) in [5, 5.41) is 2.84. The molecule has 7 nitrogen and oxygen atoms in total. The first-order valence-corrected chi connectivity index (χ1v) is 11.2. The van der Waals surface area contributed by atoms with Gasteiger partial charge in [0.15, 0.2) is 0 Å². The predicted molar refractivity (Wildman–Crippen MR) is 108 cm³/mol. The third-order valence-corrected chi connectivity index (χ3v) is 7.57. The Labute approximate surface area is 169 Å². The molecule has 3 rings (SSSR count). The molecule has 0 aliphatic carbocycles. The van der Waals surface area contributed by atoms with Crippen LogP contribution >= 0.6 is 11.3 Å². The molecule has 2 amide bonds. The smallest absolute Gasteiger partial charge is 0.251 e. The van der Waals surface area contributed by atoms with Gasteiger partial charge in [0.1, 0.15) is 0 Å². The molecule has 1 fully saturated rings. The highest BCUT2D eigenvalue weighted by Crippen LogP contribution is 2.19. The van der Waals surface area contributed by atoms with Gasteiger partial charge in [-0.2, -0.15) is 4.31 Å². The van der Waals surface area contributed by atoms with Crippen LogP contribution in [0.5, 0.6) is 0 Å². The van der Waals surface area contributed by atoms with E-state index in [2.05, 4.69) is 5.32 Å². The summed E-state index contributed by atoms with van der Waals surface area (Å²) in [6.45, 7) is 5.24. The SMILES string of the molecule is CC(=O)N1CCN(S(=O)(=O)c2ccc(C(=O)NCc3ccc(C)s3)cc2)CC1. The van der Waals surface area contributed by atoms with Gasteiger partial charge in [-0.05, 0) is 43.3 Å². The minimum absolute atomic E-state index is 0.0508. The molecule has 0 atom stereocenters. The molecule has 1 N–H and O–H groups in total. The van der Waals surface area contributed by atoms with Gasteiger partial charge in [-0.15, -0.1) is 11.3 Å². The summed E-state index contributed by atoms with van der Waals surface area (Å²) < 4.78 is 26.9. The van der Waals surface area contributed by atoms with E-state index >= 15 is 0 Å². The van der Waals surface area contributed by atoms with Gasteiger partial charge in [0.05, 0.1) is 11.4 Å². The van der Waals surface area contributed by atoms with Gasteiger partial charge in [-0.25, -0.2) is 8.42 Å². The van der Waals surface area contributed by atoms with Gasteiger partial charge in [-0.3, -0.25) is 9.59 Å². The van der Waals surface area contributed by atoms with E-state index in [1.165, 1.54) is 40.4 Å². The van der Waals surface area contributed by atoms with Crippen molar-refractivity contribution < 1.29 is 18.0 Å². The highest BCUT2D eigenvalue weighted by atomic mass is 32.2. The molecular formula is C19H23N3O4S2. The Morgan fingerprint density at radius 2 is 1.68 bits per heavy atom. The summed E-state index contributed by atoms with van der Waals surface area (Å²) >= 11 is 1.62. The molecule has 150 valence electrons. The summed E-state index contributed by atoms with van der Waals surface area (Å²) in [6, 6.07) is 9.93. The number of carbonyl (C=O) groups is 2. The molecular weight excluding hydrogens is 398 g/mol. The van der Waals surface area contributed by atoms with Gasteiger partial charge < -0.3 is 10.2 Å². The van der Waals surface area contributed by atoms with Crippen molar-refractivity contribution in [3.05, 3.63) is 51.7 Å². The van der Waals surface area contributed by atoms with Crippen molar-refractivity contribution in [3.8, 4) is 0 Å². The quantitative estimate of drug-likeness (QED) is 0.798. The molecule has 28 heavy (non-hydrogen) atoms. The van der Waals surface area contributed by atoms with Crippen LogP contribution in [0, 0.1) is 6.92 Å². The van der Waals surface area contributed by atoms with Crippen molar-refractivity contribution in [2.45, 2.75) is 25.3 Å². The summed E-state index contributed by atoms with van der Waals surface area (Å²) in [5.74, 6) is -0.296. The molecule has 1 aliphatic rings. The van der Waals surface area contributed by atoms with Crippen LogP contribution < -0.4 is 5.32 Å². The number of carbonyl (C=O) groups excluding carboxylic acids is 2. The Balaban J connectivity index is 1.62. The normalized spacial score (nSPS) is 15.4. The van der Waals surface area contributed by atoms with Crippen LogP contribution in [0.3, 0.4) is 0 Å². The monoisotopic (exact) mass is 421 g/mol. The Morgan fingerprint density at radius 1 is 1.04 bits per heavy atom. The number of amides is 2. The lowest BCUT2D eigenvalue weighted by Gasteiger charge is -2.33. The Bertz CT molecular complexity index is 959. The molecule has 0 spiro atoms. The maximum Gasteiger partial charge on any atom is 0.251 e. The van der Waals surface area contributed by atoms with Crippen LogP contribution in [0.2, 0.25) is 0 Å². The molecule has 1 aromatic carbocycles. The number of thiophene rings is 1. The van der Waals surface area contributed by atoms with Crippen LogP contribution in [0.4, 0.5) is 0 Å². The second-order valence-corrected chi connectivity index (χ2v) is 9.94. The van der Waals surface area contributed by atoms with E-state index in [1.54, 1.807) is 16.2 Å². The maximum absolute atomic E-state index is 12.8. The zero-order valence-corrected chi connectivity index (χ0v) is 17.5. The topological polar surface area (TPSA) is 86.8 Å². The largest absolute Gasteiger partial charge is 0.347 e. The zero-order valence-electron chi connectivity index (χ0n) is 15.8. The summed E-state index contributed by atoms with van der Waals surface area (Å²) in [6.07, 6.45) is 0. The molecule has 0 saturated carbocycles. The number of benzene rings is 1. The van der Waals surface area contributed by atoms with Gasteiger partial charge >= 0.3 is 0 Å². The van der Waals surface area contributed by atoms with Crippen LogP contribution in [-0.2, 0) is 21.4 Å². The van der Waals surface area contributed by atoms with E-state index < -0.39 is 10.0 Å². The first-order valence-electron chi connectivity index (χ1n) is 8.96. The van der Waals surface area contributed by atoms with E-state index in [4.69, 9.17) is 0 Å². The number of nitrogens with one attached hydrogen (secondary N) is 1. The molecule has 9 heteroatoms. The number of sulfonamides is 1. The third-order valence-electron chi connectivity index (χ3n) is 4.66. The molecule has 0 bridgehead atoms. The zero-order chi connectivity index (χ0) is 20.3. The van der Waals surface area contributed by atoms with E-state index in [9.17, 15) is 18.0 Å². The van der Waals surface area contributed by atoms with Crippen molar-refractivity contribution >= 4 is 33.2 Å². The average molecular weight is 422 g/mol. The lowest BCUT2D eigenvalue weighted by atomic mass is 10.2. The molecule has 2 heterocycles. The summed E-state index contributed by atoms with van der Waals surface area (Å²) in [5.41, 5.74) is 0.411. The number of rotatable bonds is 5. The van der Waals surface area contributed by atoms with E-state index in [0.29, 0.717) is 25.2 Å². The average Bonchev–Trinajstić information content (AvgIpc) is 3.11. The minimum atomic E-state index is -3.64. The van der Waals surface area contributed by atoms with E-state index in [0.717, 1.165) is 4.88 Å². The lowest BCUT2D eigenvalue weighted by molar-refractivity contribution is -0.129. The van der Waals surface area contributed by atoms with Gasteiger partial charge in [0, 0.05) is 48.4 Å². The van der Waals surface area contributed by atoms with Crippen molar-refractivity contribution in [2.24, 2.45) is 0 Å². The van der Waals surface area contributed by atoms with Crippen LogP contribution in [0.25, 0.3) is 0 Å².